The minimum atomic E-state index is 0.718. The van der Waals surface area contributed by atoms with Crippen LogP contribution in [0.5, 0.6) is 0 Å². The van der Waals surface area contributed by atoms with Gasteiger partial charge in [0.05, 0.1) is 5.69 Å². The molecule has 1 saturated heterocycles. The van der Waals surface area contributed by atoms with E-state index in [0.29, 0.717) is 0 Å². The van der Waals surface area contributed by atoms with Crippen LogP contribution in [0.4, 0.5) is 0 Å². The Hall–Kier alpha value is -0.930. The molecule has 3 nitrogen and oxygen atoms in total. The van der Waals surface area contributed by atoms with Gasteiger partial charge in [-0.2, -0.15) is 0 Å². The fraction of sp³-hybridized carbons (Fsp3) is 0.706. The van der Waals surface area contributed by atoms with Crippen LogP contribution in [0.15, 0.2) is 18.3 Å². The number of aromatic nitrogens is 1. The Morgan fingerprint density at radius 1 is 1.30 bits per heavy atom. The zero-order chi connectivity index (χ0) is 14.4. The molecule has 0 unspecified atom stereocenters. The van der Waals surface area contributed by atoms with E-state index in [-0.39, 0.29) is 0 Å². The van der Waals surface area contributed by atoms with E-state index in [9.17, 15) is 0 Å². The minimum Gasteiger partial charge on any atom is -0.301 e. The fourth-order valence-electron chi connectivity index (χ4n) is 2.89. The molecule has 20 heavy (non-hydrogen) atoms. The van der Waals surface area contributed by atoms with Crippen molar-refractivity contribution < 1.29 is 0 Å². The molecule has 0 radical (unpaired) electrons. The van der Waals surface area contributed by atoms with Crippen LogP contribution < -0.4 is 0 Å². The van der Waals surface area contributed by atoms with Crippen LogP contribution in [0.2, 0.25) is 0 Å². The third-order valence-corrected chi connectivity index (χ3v) is 4.42. The van der Waals surface area contributed by atoms with Crippen molar-refractivity contribution in [3.05, 3.63) is 29.6 Å². The number of hydrogen-bond donors (Lipinski definition) is 0. The van der Waals surface area contributed by atoms with Crippen molar-refractivity contribution in [3.63, 3.8) is 0 Å². The van der Waals surface area contributed by atoms with E-state index in [1.807, 2.05) is 6.20 Å². The highest BCUT2D eigenvalue weighted by Crippen LogP contribution is 2.14. The van der Waals surface area contributed by atoms with Crippen molar-refractivity contribution in [2.75, 3.05) is 26.7 Å². The molecule has 1 aromatic heterocycles. The second kappa shape index (κ2) is 7.75. The average molecular weight is 275 g/mol. The maximum atomic E-state index is 4.54. The lowest BCUT2D eigenvalue weighted by atomic mass is 10.2. The molecule has 112 valence electrons. The molecule has 1 atom stereocenters. The van der Waals surface area contributed by atoms with Gasteiger partial charge in [0.2, 0.25) is 0 Å². The molecule has 1 aromatic rings. The predicted molar refractivity (Wildman–Crippen MR) is 84.8 cm³/mol. The Morgan fingerprint density at radius 2 is 2.05 bits per heavy atom. The monoisotopic (exact) mass is 275 g/mol. The molecular formula is C17H29N3. The van der Waals surface area contributed by atoms with E-state index in [1.165, 1.54) is 43.6 Å². The fourth-order valence-corrected chi connectivity index (χ4v) is 2.89. The van der Waals surface area contributed by atoms with E-state index < -0.39 is 0 Å². The van der Waals surface area contributed by atoms with Crippen molar-refractivity contribution in [2.24, 2.45) is 0 Å². The van der Waals surface area contributed by atoms with Gasteiger partial charge in [-0.05, 0) is 70.9 Å². The van der Waals surface area contributed by atoms with Crippen molar-refractivity contribution in [2.45, 2.75) is 52.1 Å². The zero-order valence-corrected chi connectivity index (χ0v) is 13.3. The summed E-state index contributed by atoms with van der Waals surface area (Å²) in [5, 5.41) is 0. The number of likely N-dealkylation sites (tertiary alicyclic amines) is 1. The van der Waals surface area contributed by atoms with Crippen LogP contribution in [0.25, 0.3) is 0 Å². The highest BCUT2D eigenvalue weighted by molar-refractivity contribution is 5.13. The lowest BCUT2D eigenvalue weighted by molar-refractivity contribution is 0.214. The van der Waals surface area contributed by atoms with Gasteiger partial charge in [-0.3, -0.25) is 4.98 Å². The molecule has 1 aliphatic heterocycles. The Morgan fingerprint density at radius 3 is 2.65 bits per heavy atom. The second-order valence-corrected chi connectivity index (χ2v) is 6.13. The normalized spacial score (nSPS) is 17.8. The first-order chi connectivity index (χ1) is 9.69. The molecule has 0 amide bonds. The summed E-state index contributed by atoms with van der Waals surface area (Å²) in [5.74, 6) is 0. The topological polar surface area (TPSA) is 19.4 Å². The summed E-state index contributed by atoms with van der Waals surface area (Å²) in [6.45, 7) is 9.23. The lowest BCUT2D eigenvalue weighted by Gasteiger charge is -2.26. The SMILES string of the molecule is CCc1ccc(CN(C)CC[C@H](C)N2CCCC2)nc1. The Balaban J connectivity index is 1.72. The summed E-state index contributed by atoms with van der Waals surface area (Å²) in [5.41, 5.74) is 2.50. The van der Waals surface area contributed by atoms with Crippen LogP contribution in [0, 0.1) is 0 Å². The van der Waals surface area contributed by atoms with Crippen molar-refractivity contribution in [1.82, 2.24) is 14.8 Å². The van der Waals surface area contributed by atoms with Gasteiger partial charge in [0.1, 0.15) is 0 Å². The highest BCUT2D eigenvalue weighted by atomic mass is 15.2. The van der Waals surface area contributed by atoms with Gasteiger partial charge in [-0.15, -0.1) is 0 Å². The van der Waals surface area contributed by atoms with E-state index in [4.69, 9.17) is 0 Å². The van der Waals surface area contributed by atoms with E-state index >= 15 is 0 Å². The second-order valence-electron chi connectivity index (χ2n) is 6.13. The van der Waals surface area contributed by atoms with E-state index in [1.54, 1.807) is 0 Å². The summed E-state index contributed by atoms with van der Waals surface area (Å²) in [6.07, 6.45) is 7.10. The first-order valence-electron chi connectivity index (χ1n) is 8.05. The van der Waals surface area contributed by atoms with E-state index in [0.717, 1.165) is 25.6 Å². The van der Waals surface area contributed by atoms with Gasteiger partial charge in [-0.25, -0.2) is 0 Å². The van der Waals surface area contributed by atoms with Crippen LogP contribution in [0.1, 0.15) is 44.4 Å². The number of rotatable bonds is 7. The van der Waals surface area contributed by atoms with Crippen LogP contribution in [-0.2, 0) is 13.0 Å². The average Bonchev–Trinajstić information content (AvgIpc) is 3.00. The van der Waals surface area contributed by atoms with Gasteiger partial charge in [0.25, 0.3) is 0 Å². The number of pyridine rings is 1. The lowest BCUT2D eigenvalue weighted by Crippen LogP contribution is -2.33. The molecule has 3 heteroatoms. The van der Waals surface area contributed by atoms with Gasteiger partial charge >= 0.3 is 0 Å². The molecular weight excluding hydrogens is 246 g/mol. The quantitative estimate of drug-likeness (QED) is 0.762. The zero-order valence-electron chi connectivity index (χ0n) is 13.3. The summed E-state index contributed by atoms with van der Waals surface area (Å²) in [6, 6.07) is 5.08. The molecule has 1 fully saturated rings. The summed E-state index contributed by atoms with van der Waals surface area (Å²) in [4.78, 5) is 9.56. The van der Waals surface area contributed by atoms with Crippen molar-refractivity contribution in [1.29, 1.82) is 0 Å². The van der Waals surface area contributed by atoms with Gasteiger partial charge in [0, 0.05) is 18.8 Å². The minimum absolute atomic E-state index is 0.718. The van der Waals surface area contributed by atoms with Crippen molar-refractivity contribution >= 4 is 0 Å². The smallest absolute Gasteiger partial charge is 0.0544 e. The highest BCUT2D eigenvalue weighted by Gasteiger charge is 2.18. The molecule has 2 rings (SSSR count). The molecule has 1 aliphatic rings. The number of aryl methyl sites for hydroxylation is 1. The third-order valence-electron chi connectivity index (χ3n) is 4.42. The molecule has 0 aromatic carbocycles. The molecule has 0 saturated carbocycles. The Bertz CT molecular complexity index is 382. The molecule has 0 N–H and O–H groups in total. The number of hydrogen-bond acceptors (Lipinski definition) is 3. The molecule has 0 bridgehead atoms. The van der Waals surface area contributed by atoms with E-state index in [2.05, 4.69) is 47.8 Å². The van der Waals surface area contributed by atoms with Crippen molar-refractivity contribution in [3.8, 4) is 0 Å². The van der Waals surface area contributed by atoms with Gasteiger partial charge in [-0.1, -0.05) is 13.0 Å². The largest absolute Gasteiger partial charge is 0.301 e. The van der Waals surface area contributed by atoms with Gasteiger partial charge in [0.15, 0.2) is 0 Å². The summed E-state index contributed by atoms with van der Waals surface area (Å²) < 4.78 is 0. The summed E-state index contributed by atoms with van der Waals surface area (Å²) in [7, 11) is 2.20. The van der Waals surface area contributed by atoms with Gasteiger partial charge < -0.3 is 9.80 Å². The summed E-state index contributed by atoms with van der Waals surface area (Å²) >= 11 is 0. The van der Waals surface area contributed by atoms with Crippen LogP contribution in [-0.4, -0.2) is 47.5 Å². The Kier molecular flexibility index (Phi) is 5.99. The van der Waals surface area contributed by atoms with Crippen LogP contribution in [0.3, 0.4) is 0 Å². The standard InChI is InChI=1S/C17H29N3/c1-4-16-7-8-17(18-13-16)14-19(3)12-9-15(2)20-10-5-6-11-20/h7-8,13,15H,4-6,9-12,14H2,1-3H3/t15-/m0/s1. The predicted octanol–water partition coefficient (Wildman–Crippen LogP) is 2.95. The van der Waals surface area contributed by atoms with Crippen LogP contribution >= 0.6 is 0 Å². The molecule has 2 heterocycles. The Labute approximate surface area is 124 Å². The maximum absolute atomic E-state index is 4.54. The third kappa shape index (κ3) is 4.57. The molecule has 0 aliphatic carbocycles. The first kappa shape index (κ1) is 15.5. The first-order valence-corrected chi connectivity index (χ1v) is 8.05. The molecule has 0 spiro atoms. The maximum Gasteiger partial charge on any atom is 0.0544 e. The number of nitrogens with zero attached hydrogens (tertiary/aromatic N) is 3.